The van der Waals surface area contributed by atoms with E-state index in [-0.39, 0.29) is 5.69 Å². The predicted octanol–water partition coefficient (Wildman–Crippen LogP) is 2.14. The molecule has 0 N–H and O–H groups in total. The molecule has 3 rings (SSSR count). The lowest BCUT2D eigenvalue weighted by Gasteiger charge is -2.14. The molecule has 0 fully saturated rings. The van der Waals surface area contributed by atoms with Crippen LogP contribution in [0, 0.1) is 13.8 Å². The maximum Gasteiger partial charge on any atom is 0.368 e. The molecule has 0 aliphatic carbocycles. The molecule has 0 unspecified atom stereocenters. The van der Waals surface area contributed by atoms with Crippen LogP contribution < -0.4 is 10.4 Å². The Kier molecular flexibility index (Phi) is 5.35. The first kappa shape index (κ1) is 18.4. The van der Waals surface area contributed by atoms with Gasteiger partial charge in [0.2, 0.25) is 0 Å². The van der Waals surface area contributed by atoms with E-state index in [4.69, 9.17) is 9.57 Å². The van der Waals surface area contributed by atoms with Gasteiger partial charge in [0.1, 0.15) is 19.5 Å². The third-order valence-corrected chi connectivity index (χ3v) is 4.21. The number of benzene rings is 2. The molecule has 0 saturated heterocycles. The molecule has 2 aromatic carbocycles. The average molecular weight is 367 g/mol. The van der Waals surface area contributed by atoms with Crippen LogP contribution in [0.2, 0.25) is 0 Å². The van der Waals surface area contributed by atoms with E-state index in [1.165, 1.54) is 16.5 Å². The van der Waals surface area contributed by atoms with Gasteiger partial charge >= 0.3 is 5.69 Å². The summed E-state index contributed by atoms with van der Waals surface area (Å²) < 4.78 is 8.50. The minimum absolute atomic E-state index is 0.303. The largest absolute Gasteiger partial charge is 0.489 e. The number of aryl methyl sites for hydroxylation is 3. The van der Waals surface area contributed by atoms with Gasteiger partial charge in [0.15, 0.2) is 0 Å². The van der Waals surface area contributed by atoms with Gasteiger partial charge in [-0.05, 0) is 65.2 Å². The predicted molar refractivity (Wildman–Crippen MR) is 101 cm³/mol. The van der Waals surface area contributed by atoms with E-state index >= 15 is 0 Å². The fraction of sp³-hybridized carbons (Fsp3) is 0.263. The van der Waals surface area contributed by atoms with Crippen molar-refractivity contribution in [2.45, 2.75) is 20.5 Å². The Bertz CT molecular complexity index is 1040. The number of ether oxygens (including phenoxy) is 1. The Hall–Kier alpha value is -3.42. The molecular weight excluding hydrogens is 346 g/mol. The maximum atomic E-state index is 12.2. The highest BCUT2D eigenvalue weighted by Crippen LogP contribution is 2.23. The first-order valence-electron chi connectivity index (χ1n) is 8.39. The molecule has 140 valence electrons. The molecule has 1 heterocycles. The lowest BCUT2D eigenvalue weighted by Crippen LogP contribution is -2.23. The van der Waals surface area contributed by atoms with Gasteiger partial charge in [0.25, 0.3) is 0 Å². The molecule has 3 aromatic rings. The molecule has 0 bridgehead atoms. The van der Waals surface area contributed by atoms with Crippen molar-refractivity contribution in [2.75, 3.05) is 7.11 Å². The van der Waals surface area contributed by atoms with Gasteiger partial charge in [-0.15, -0.1) is 0 Å². The van der Waals surface area contributed by atoms with Crippen molar-refractivity contribution in [3.8, 4) is 11.4 Å². The lowest BCUT2D eigenvalue weighted by atomic mass is 10.1. The van der Waals surface area contributed by atoms with Crippen molar-refractivity contribution in [3.05, 3.63) is 69.1 Å². The van der Waals surface area contributed by atoms with Crippen LogP contribution in [0.25, 0.3) is 5.69 Å². The molecule has 0 saturated carbocycles. The van der Waals surface area contributed by atoms with Crippen molar-refractivity contribution >= 4 is 6.21 Å². The quantitative estimate of drug-likeness (QED) is 0.492. The highest BCUT2D eigenvalue weighted by atomic mass is 16.6. The summed E-state index contributed by atoms with van der Waals surface area (Å²) in [5, 5.41) is 11.5. The summed E-state index contributed by atoms with van der Waals surface area (Å²) in [6.07, 6.45) is 1.64. The second-order valence-corrected chi connectivity index (χ2v) is 6.10. The third-order valence-electron chi connectivity index (χ3n) is 4.21. The summed E-state index contributed by atoms with van der Waals surface area (Å²) in [4.78, 5) is 16.9. The van der Waals surface area contributed by atoms with E-state index in [0.29, 0.717) is 12.3 Å². The Labute approximate surface area is 156 Å². The van der Waals surface area contributed by atoms with E-state index in [9.17, 15) is 4.79 Å². The topological polar surface area (TPSA) is 83.5 Å². The Morgan fingerprint density at radius 3 is 2.63 bits per heavy atom. The molecule has 0 spiro atoms. The van der Waals surface area contributed by atoms with Crippen LogP contribution in [0.3, 0.4) is 0 Å². The summed E-state index contributed by atoms with van der Waals surface area (Å²) in [5.41, 5.74) is 4.14. The fourth-order valence-electron chi connectivity index (χ4n) is 2.72. The smallest absolute Gasteiger partial charge is 0.368 e. The summed E-state index contributed by atoms with van der Waals surface area (Å²) >= 11 is 0. The highest BCUT2D eigenvalue weighted by Gasteiger charge is 2.14. The second kappa shape index (κ2) is 7.86. The molecule has 0 aliphatic rings. The molecular formula is C19H21N5O3. The van der Waals surface area contributed by atoms with Gasteiger partial charge in [0, 0.05) is 12.6 Å². The number of hydrogen-bond acceptors (Lipinski definition) is 6. The summed E-state index contributed by atoms with van der Waals surface area (Å²) in [6.45, 7) is 4.24. The lowest BCUT2D eigenvalue weighted by molar-refractivity contribution is 0.215. The number of rotatable bonds is 6. The first-order chi connectivity index (χ1) is 13.0. The summed E-state index contributed by atoms with van der Waals surface area (Å²) in [6, 6.07) is 11.4. The minimum Gasteiger partial charge on any atom is -0.489 e. The van der Waals surface area contributed by atoms with Crippen molar-refractivity contribution in [1.82, 2.24) is 19.8 Å². The monoisotopic (exact) mass is 367 g/mol. The Morgan fingerprint density at radius 2 is 1.96 bits per heavy atom. The van der Waals surface area contributed by atoms with Gasteiger partial charge in [-0.1, -0.05) is 17.3 Å². The molecule has 0 radical (unpaired) electrons. The Balaban J connectivity index is 1.88. The van der Waals surface area contributed by atoms with Crippen LogP contribution in [0.5, 0.6) is 5.75 Å². The zero-order valence-electron chi connectivity index (χ0n) is 15.7. The maximum absolute atomic E-state index is 12.2. The molecule has 8 heteroatoms. The van der Waals surface area contributed by atoms with Gasteiger partial charge in [-0.25, -0.2) is 4.79 Å². The van der Waals surface area contributed by atoms with Crippen molar-refractivity contribution in [2.24, 2.45) is 12.2 Å². The summed E-state index contributed by atoms with van der Waals surface area (Å²) in [7, 11) is 3.07. The molecule has 8 nitrogen and oxygen atoms in total. The molecule has 0 amide bonds. The number of oxime groups is 1. The number of tetrazole rings is 1. The zero-order valence-corrected chi connectivity index (χ0v) is 15.7. The van der Waals surface area contributed by atoms with Crippen LogP contribution in [-0.4, -0.2) is 33.1 Å². The van der Waals surface area contributed by atoms with Gasteiger partial charge in [-0.2, -0.15) is 9.36 Å². The standard InChI is InChI=1S/C19H21N5O3/c1-13-6-5-7-17(24-19(25)23(3)21-22-24)16(13)12-27-18-9-8-15(10-14(18)2)11-20-26-4/h5-11H,12H2,1-4H3. The SMILES string of the molecule is CON=Cc1ccc(OCc2c(C)cccc2-n2nnn(C)c2=O)c(C)c1. The molecule has 27 heavy (non-hydrogen) atoms. The average Bonchev–Trinajstić information content (AvgIpc) is 2.99. The first-order valence-corrected chi connectivity index (χ1v) is 8.39. The van der Waals surface area contributed by atoms with E-state index in [1.807, 2.05) is 50.2 Å². The second-order valence-electron chi connectivity index (χ2n) is 6.10. The molecule has 0 aliphatic heterocycles. The van der Waals surface area contributed by atoms with E-state index in [1.54, 1.807) is 13.3 Å². The van der Waals surface area contributed by atoms with E-state index in [2.05, 4.69) is 15.6 Å². The molecule has 0 atom stereocenters. The van der Waals surface area contributed by atoms with E-state index in [0.717, 1.165) is 28.0 Å². The van der Waals surface area contributed by atoms with Crippen LogP contribution >= 0.6 is 0 Å². The minimum atomic E-state index is -0.306. The summed E-state index contributed by atoms with van der Waals surface area (Å²) in [5.74, 6) is 0.755. The van der Waals surface area contributed by atoms with Crippen LogP contribution in [0.4, 0.5) is 0 Å². The van der Waals surface area contributed by atoms with Crippen molar-refractivity contribution in [3.63, 3.8) is 0 Å². The normalized spacial score (nSPS) is 11.1. The van der Waals surface area contributed by atoms with Gasteiger partial charge in [-0.3, -0.25) is 0 Å². The number of nitrogens with zero attached hydrogens (tertiary/aromatic N) is 5. The van der Waals surface area contributed by atoms with Gasteiger partial charge < -0.3 is 9.57 Å². The Morgan fingerprint density at radius 1 is 1.15 bits per heavy atom. The van der Waals surface area contributed by atoms with E-state index < -0.39 is 0 Å². The van der Waals surface area contributed by atoms with Crippen molar-refractivity contribution < 1.29 is 9.57 Å². The van der Waals surface area contributed by atoms with Crippen LogP contribution in [-0.2, 0) is 18.5 Å². The van der Waals surface area contributed by atoms with Gasteiger partial charge in [0.05, 0.1) is 11.9 Å². The zero-order chi connectivity index (χ0) is 19.4. The van der Waals surface area contributed by atoms with Crippen LogP contribution in [0.1, 0.15) is 22.3 Å². The van der Waals surface area contributed by atoms with Crippen molar-refractivity contribution in [1.29, 1.82) is 0 Å². The number of hydrogen-bond donors (Lipinski definition) is 0. The number of aromatic nitrogens is 4. The molecule has 1 aromatic heterocycles. The fourth-order valence-corrected chi connectivity index (χ4v) is 2.72. The van der Waals surface area contributed by atoms with Crippen LogP contribution in [0.15, 0.2) is 46.3 Å². The third kappa shape index (κ3) is 3.89. The highest BCUT2D eigenvalue weighted by molar-refractivity contribution is 5.79.